The Bertz CT molecular complexity index is 1460. The number of nitrogens with zero attached hydrogens (tertiary/aromatic N) is 1. The van der Waals surface area contributed by atoms with E-state index < -0.39 is 0 Å². The lowest BCUT2D eigenvalue weighted by Crippen LogP contribution is -2.20. The number of thiazole rings is 1. The zero-order chi connectivity index (χ0) is 25.7. The lowest BCUT2D eigenvalue weighted by Gasteiger charge is -2.26. The third kappa shape index (κ3) is 5.79. The molecule has 0 unspecified atom stereocenters. The molecule has 4 nitrogen and oxygen atoms in total. The van der Waals surface area contributed by atoms with Gasteiger partial charge in [0.2, 0.25) is 0 Å². The maximum atomic E-state index is 12.5. The average molecular weight is 505 g/mol. The monoisotopic (exact) mass is 504 g/mol. The zero-order valence-corrected chi connectivity index (χ0v) is 21.7. The molecule has 0 aliphatic heterocycles. The number of aromatic nitrogens is 1. The molecule has 0 aliphatic carbocycles. The number of carbonyl (C=O) groups excluding carboxylic acids is 1. The molecule has 0 fully saturated rings. The van der Waals surface area contributed by atoms with Crippen LogP contribution in [-0.2, 0) is 10.2 Å². The highest BCUT2D eigenvalue weighted by Gasteiger charge is 2.22. The Morgan fingerprint density at radius 2 is 1.32 bits per heavy atom. The molecule has 1 aromatic heterocycles. The van der Waals surface area contributed by atoms with Crippen molar-refractivity contribution in [2.45, 2.75) is 19.3 Å². The first-order valence-electron chi connectivity index (χ1n) is 12.2. The highest BCUT2D eigenvalue weighted by atomic mass is 32.1. The van der Waals surface area contributed by atoms with Crippen molar-refractivity contribution in [2.24, 2.45) is 0 Å². The predicted molar refractivity (Wildman–Crippen MR) is 152 cm³/mol. The number of ether oxygens (including phenoxy) is 1. The standard InChI is InChI=1S/C32H28N2O2S/c1-32(2,26-11-7-4-8-12-26)27-17-19-28(20-18-27)36-21-30(35)34-31-33-29(22-37-31)25-15-13-24(14-16-25)23-9-5-3-6-10-23/h3-20,22H,21H2,1-2H3,(H,33,34,35). The van der Waals surface area contributed by atoms with E-state index in [1.165, 1.54) is 28.0 Å². The van der Waals surface area contributed by atoms with Gasteiger partial charge in [0.25, 0.3) is 5.91 Å². The summed E-state index contributed by atoms with van der Waals surface area (Å²) in [6.07, 6.45) is 0. The summed E-state index contributed by atoms with van der Waals surface area (Å²) in [5, 5.41) is 5.34. The van der Waals surface area contributed by atoms with E-state index in [1.54, 1.807) is 0 Å². The van der Waals surface area contributed by atoms with E-state index in [2.05, 4.69) is 96.9 Å². The van der Waals surface area contributed by atoms with Gasteiger partial charge in [-0.25, -0.2) is 4.98 Å². The van der Waals surface area contributed by atoms with Crippen LogP contribution >= 0.6 is 11.3 Å². The highest BCUT2D eigenvalue weighted by molar-refractivity contribution is 7.14. The Labute approximate surface area is 221 Å². The number of rotatable bonds is 8. The molecule has 0 atom stereocenters. The van der Waals surface area contributed by atoms with Crippen molar-refractivity contribution in [3.63, 3.8) is 0 Å². The van der Waals surface area contributed by atoms with Crippen LogP contribution in [0.15, 0.2) is 115 Å². The predicted octanol–water partition coefficient (Wildman–Crippen LogP) is 7.82. The summed E-state index contributed by atoms with van der Waals surface area (Å²) in [5.41, 5.74) is 6.47. The molecule has 0 spiro atoms. The topological polar surface area (TPSA) is 51.2 Å². The van der Waals surface area contributed by atoms with Gasteiger partial charge in [-0.05, 0) is 34.4 Å². The molecule has 37 heavy (non-hydrogen) atoms. The molecule has 4 aromatic carbocycles. The molecule has 0 bridgehead atoms. The maximum Gasteiger partial charge on any atom is 0.264 e. The minimum atomic E-state index is -0.242. The molecular weight excluding hydrogens is 476 g/mol. The quantitative estimate of drug-likeness (QED) is 0.234. The van der Waals surface area contributed by atoms with E-state index in [0.29, 0.717) is 10.9 Å². The zero-order valence-electron chi connectivity index (χ0n) is 20.8. The largest absolute Gasteiger partial charge is 0.484 e. The van der Waals surface area contributed by atoms with Gasteiger partial charge >= 0.3 is 0 Å². The van der Waals surface area contributed by atoms with E-state index in [1.807, 2.05) is 41.8 Å². The first-order valence-corrected chi connectivity index (χ1v) is 13.1. The van der Waals surface area contributed by atoms with Crippen LogP contribution < -0.4 is 10.1 Å². The lowest BCUT2D eigenvalue weighted by atomic mass is 9.78. The summed E-state index contributed by atoms with van der Waals surface area (Å²) >= 11 is 1.40. The molecule has 184 valence electrons. The van der Waals surface area contributed by atoms with Gasteiger partial charge in [0.1, 0.15) is 5.75 Å². The minimum Gasteiger partial charge on any atom is -0.484 e. The van der Waals surface area contributed by atoms with E-state index in [9.17, 15) is 4.79 Å². The van der Waals surface area contributed by atoms with Crippen molar-refractivity contribution in [3.05, 3.63) is 126 Å². The second-order valence-electron chi connectivity index (χ2n) is 9.33. The van der Waals surface area contributed by atoms with Crippen LogP contribution in [0.5, 0.6) is 5.75 Å². The van der Waals surface area contributed by atoms with Gasteiger partial charge < -0.3 is 4.74 Å². The summed E-state index contributed by atoms with van der Waals surface area (Å²) in [6, 6.07) is 36.9. The van der Waals surface area contributed by atoms with E-state index in [0.717, 1.165) is 16.8 Å². The van der Waals surface area contributed by atoms with Gasteiger partial charge in [-0.15, -0.1) is 11.3 Å². The molecule has 1 amide bonds. The Morgan fingerprint density at radius 3 is 2.00 bits per heavy atom. The van der Waals surface area contributed by atoms with Crippen molar-refractivity contribution in [1.82, 2.24) is 4.98 Å². The number of carbonyl (C=O) groups is 1. The molecule has 1 heterocycles. The average Bonchev–Trinajstić information content (AvgIpc) is 3.41. The lowest BCUT2D eigenvalue weighted by molar-refractivity contribution is -0.118. The second kappa shape index (κ2) is 10.8. The molecule has 5 aromatic rings. The summed E-state index contributed by atoms with van der Waals surface area (Å²) in [5.74, 6) is 0.412. The van der Waals surface area contributed by atoms with Crippen LogP contribution in [0, 0.1) is 0 Å². The van der Waals surface area contributed by atoms with E-state index in [-0.39, 0.29) is 17.9 Å². The van der Waals surface area contributed by atoms with Gasteiger partial charge in [0.05, 0.1) is 5.69 Å². The molecule has 5 rings (SSSR count). The van der Waals surface area contributed by atoms with Gasteiger partial charge in [0, 0.05) is 16.4 Å². The number of hydrogen-bond donors (Lipinski definition) is 1. The maximum absolute atomic E-state index is 12.5. The van der Waals surface area contributed by atoms with Crippen molar-refractivity contribution >= 4 is 22.4 Å². The van der Waals surface area contributed by atoms with Crippen LogP contribution in [0.2, 0.25) is 0 Å². The van der Waals surface area contributed by atoms with Crippen LogP contribution in [0.1, 0.15) is 25.0 Å². The van der Waals surface area contributed by atoms with Crippen molar-refractivity contribution in [3.8, 4) is 28.1 Å². The fourth-order valence-electron chi connectivity index (χ4n) is 4.22. The summed E-state index contributed by atoms with van der Waals surface area (Å²) < 4.78 is 5.72. The fourth-order valence-corrected chi connectivity index (χ4v) is 4.96. The molecule has 0 radical (unpaired) electrons. The second-order valence-corrected chi connectivity index (χ2v) is 10.2. The number of nitrogens with one attached hydrogen (secondary N) is 1. The van der Waals surface area contributed by atoms with Crippen molar-refractivity contribution in [2.75, 3.05) is 11.9 Å². The SMILES string of the molecule is CC(C)(c1ccccc1)c1ccc(OCC(=O)Nc2nc(-c3ccc(-c4ccccc4)cc3)cs2)cc1. The minimum absolute atomic E-state index is 0.0812. The highest BCUT2D eigenvalue weighted by Crippen LogP contribution is 2.32. The van der Waals surface area contributed by atoms with Crippen molar-refractivity contribution < 1.29 is 9.53 Å². The van der Waals surface area contributed by atoms with E-state index >= 15 is 0 Å². The third-order valence-electron chi connectivity index (χ3n) is 6.48. The summed E-state index contributed by atoms with van der Waals surface area (Å²) in [4.78, 5) is 17.1. The van der Waals surface area contributed by atoms with Crippen molar-refractivity contribution in [1.29, 1.82) is 0 Å². The Kier molecular flexibility index (Phi) is 7.15. The van der Waals surface area contributed by atoms with E-state index in [4.69, 9.17) is 4.74 Å². The summed E-state index contributed by atoms with van der Waals surface area (Å²) in [7, 11) is 0. The van der Waals surface area contributed by atoms with Gasteiger partial charge in [-0.1, -0.05) is 111 Å². The molecule has 0 aliphatic rings. The molecule has 0 saturated carbocycles. The number of anilines is 1. The fraction of sp³-hybridized carbons (Fsp3) is 0.125. The summed E-state index contributed by atoms with van der Waals surface area (Å²) in [6.45, 7) is 4.32. The third-order valence-corrected chi connectivity index (χ3v) is 7.24. The molecule has 5 heteroatoms. The number of benzene rings is 4. The van der Waals surface area contributed by atoms with Gasteiger partial charge in [-0.3, -0.25) is 10.1 Å². The van der Waals surface area contributed by atoms with Gasteiger partial charge in [-0.2, -0.15) is 0 Å². The molecule has 1 N–H and O–H groups in total. The van der Waals surface area contributed by atoms with Crippen LogP contribution in [0.3, 0.4) is 0 Å². The first kappa shape index (κ1) is 24.5. The smallest absolute Gasteiger partial charge is 0.264 e. The Hall–Kier alpha value is -4.22. The van der Waals surface area contributed by atoms with Gasteiger partial charge in [0.15, 0.2) is 11.7 Å². The molecule has 0 saturated heterocycles. The normalized spacial score (nSPS) is 11.2. The van der Waals surface area contributed by atoms with Crippen LogP contribution in [0.25, 0.3) is 22.4 Å². The first-order chi connectivity index (χ1) is 18.0. The number of hydrogen-bond acceptors (Lipinski definition) is 4. The Balaban J connectivity index is 1.16. The number of amides is 1. The van der Waals surface area contributed by atoms with Crippen LogP contribution in [0.4, 0.5) is 5.13 Å². The Morgan fingerprint density at radius 1 is 0.757 bits per heavy atom. The molecular formula is C32H28N2O2S. The van der Waals surface area contributed by atoms with Crippen LogP contribution in [-0.4, -0.2) is 17.5 Å².